The Morgan fingerprint density at radius 2 is 0.310 bits per heavy atom. The van der Waals surface area contributed by atoms with Gasteiger partial charge in [-0.3, -0.25) is 37.8 Å². The SMILES string of the molecule is Cc1ccc(S(=O)(=O)Nc2cc3c(cc2NS(=O)(=O)c2ccc(C)cc2)-c2nc-3nc3[n-]c(nc4nc(nc5[n-]c(n2)c2cc(NS(=O)(=O)c6ccc(C)cc6)c(NS(=O)(=O)c6ccc(C)cc6)cc52)-c2cc(NS(=O)(=O)c5ccc(C)cc5)c(NS(=O)(=O)c5ccc(C)cc5)cc2-4)c2cc(NS(=O)(=O)c4ccc(C)cc4)c(NS(=O)(=O)c4ccc(C)cc4)cc32)cc1.[Co+2]. The topological polar surface area (TPSA) is 475 Å². The third kappa shape index (κ3) is 18.2. The van der Waals surface area contributed by atoms with Crippen molar-refractivity contribution in [3.05, 3.63) is 287 Å². The van der Waals surface area contributed by atoms with Gasteiger partial charge in [0.1, 0.15) is 0 Å². The van der Waals surface area contributed by atoms with Crippen molar-refractivity contribution in [1.29, 1.82) is 0 Å². The van der Waals surface area contributed by atoms with Crippen LogP contribution in [0.25, 0.3) is 89.7 Å². The van der Waals surface area contributed by atoms with Crippen LogP contribution in [0.5, 0.6) is 0 Å². The molecule has 17 rings (SSSR count). The van der Waals surface area contributed by atoms with Crippen molar-refractivity contribution < 1.29 is 84.1 Å². The standard InChI is InChI=1S/C88H72N16O16S8.Co/c1-49-9-25-57(26-10-49)121(105,106)97-73-41-65-66(42-74(73)98-122(107,108)58-27-11-50(2)12-28-58)82-89-81(65)93-83-67-43-75(99-123(109,110)59-29-13-51(3)14-30-59)76(100-124(111,112)60-31-15-52(4)16-32-60)44-68(67)85(90-83)95-87-71-47-79(103-127(117,118)63-37-21-55(7)22-38-63)80(104-128(119,120)64-39-23-56(8)24-40-64)48-72(71)88(92-87)96-86-70-46-78(102-126(115,116)62-35-19-54(6)20-36-62)77(45-69(70)84(91-86)94-82)101-125(113,114)61-33-17-53(5)18-34-61;/h9-48,97-104H,1-8H3;/q-2;+2. The number of aryl methyl sites for hydroxylation is 8. The van der Waals surface area contributed by atoms with Crippen LogP contribution in [0.2, 0.25) is 0 Å². The van der Waals surface area contributed by atoms with Crippen LogP contribution in [0.4, 0.5) is 45.5 Å². The molecule has 657 valence electrons. The minimum atomic E-state index is -4.71. The van der Waals surface area contributed by atoms with Gasteiger partial charge in [0.15, 0.2) is 0 Å². The van der Waals surface area contributed by atoms with Gasteiger partial charge < -0.3 is 29.9 Å². The Hall–Kier alpha value is -13.5. The van der Waals surface area contributed by atoms with Gasteiger partial charge in [0.05, 0.1) is 108 Å². The Morgan fingerprint density at radius 1 is 0.186 bits per heavy atom. The maximum Gasteiger partial charge on any atom is 2.00 e. The second-order valence-corrected chi connectivity index (χ2v) is 44.1. The van der Waals surface area contributed by atoms with Crippen LogP contribution in [0.1, 0.15) is 44.5 Å². The molecule has 32 nitrogen and oxygen atoms in total. The molecule has 12 aromatic carbocycles. The van der Waals surface area contributed by atoms with Gasteiger partial charge in [0.25, 0.3) is 80.2 Å². The molecule has 0 atom stereocenters. The first-order chi connectivity index (χ1) is 60.5. The van der Waals surface area contributed by atoms with Gasteiger partial charge >= 0.3 is 16.8 Å². The first kappa shape index (κ1) is 88.9. The zero-order valence-electron chi connectivity index (χ0n) is 68.8. The fourth-order valence-corrected chi connectivity index (χ4v) is 22.5. The Balaban J connectivity index is 0.0000122. The van der Waals surface area contributed by atoms with Crippen molar-refractivity contribution >= 4 is 170 Å². The van der Waals surface area contributed by atoms with Gasteiger partial charge in [-0.1, -0.05) is 142 Å². The fourth-order valence-electron chi connectivity index (χ4n) is 13.9. The van der Waals surface area contributed by atoms with E-state index < -0.39 is 172 Å². The van der Waals surface area contributed by atoms with Crippen molar-refractivity contribution in [2.75, 3.05) is 37.8 Å². The molecule has 1 radical (unpaired) electrons. The summed E-state index contributed by atoms with van der Waals surface area (Å²) in [7, 11) is -37.7. The van der Waals surface area contributed by atoms with Crippen LogP contribution in [-0.2, 0) is 97.0 Å². The maximum atomic E-state index is 14.9. The number of anilines is 8. The quantitative estimate of drug-likeness (QED) is 0.0278. The van der Waals surface area contributed by atoms with Crippen molar-refractivity contribution in [3.63, 3.8) is 0 Å². The summed E-state index contributed by atoms with van der Waals surface area (Å²) < 4.78 is 259. The van der Waals surface area contributed by atoms with Crippen LogP contribution >= 0.6 is 0 Å². The largest absolute Gasteiger partial charge is 2.00 e. The summed E-state index contributed by atoms with van der Waals surface area (Å²) in [6.45, 7) is 13.9. The smallest absolute Gasteiger partial charge is 0.357 e. The Kier molecular flexibility index (Phi) is 22.9. The van der Waals surface area contributed by atoms with E-state index >= 15 is 0 Å². The zero-order chi connectivity index (χ0) is 90.7. The summed E-state index contributed by atoms with van der Waals surface area (Å²) in [5, 5.41) is -0.582. The van der Waals surface area contributed by atoms with E-state index in [-0.39, 0.29) is 99.7 Å². The number of aromatic nitrogens is 8. The summed E-state index contributed by atoms with van der Waals surface area (Å²) >= 11 is 0. The van der Waals surface area contributed by atoms with E-state index in [0.717, 1.165) is 0 Å². The number of nitrogens with zero attached hydrogens (tertiary/aromatic N) is 8. The molecule has 41 heteroatoms. The summed E-state index contributed by atoms with van der Waals surface area (Å²) in [5.41, 5.74) is -0.273. The molecule has 8 N–H and O–H groups in total. The number of hydrogen-bond donors (Lipinski definition) is 8. The van der Waals surface area contributed by atoms with Gasteiger partial charge in [0, 0.05) is 44.8 Å². The molecule has 0 amide bonds. The molecule has 0 fully saturated rings. The van der Waals surface area contributed by atoms with E-state index in [2.05, 4.69) is 37.8 Å². The first-order valence-electron chi connectivity index (χ1n) is 38.7. The third-order valence-corrected chi connectivity index (χ3v) is 31.9. The molecule has 0 unspecified atom stereocenters. The number of rotatable bonds is 24. The molecule has 15 aromatic rings. The molecule has 0 aliphatic carbocycles. The average molecular weight is 1930 g/mol. The van der Waals surface area contributed by atoms with E-state index in [1.807, 2.05) is 0 Å². The van der Waals surface area contributed by atoms with E-state index in [1.54, 1.807) is 55.4 Å². The summed E-state index contributed by atoms with van der Waals surface area (Å²) in [6, 6.07) is 55.4. The third-order valence-electron chi connectivity index (χ3n) is 20.9. The van der Waals surface area contributed by atoms with Crippen LogP contribution in [0.15, 0.2) is 282 Å². The van der Waals surface area contributed by atoms with Crippen LogP contribution in [0, 0.1) is 55.4 Å². The Morgan fingerprint density at radius 3 is 0.442 bits per heavy atom. The molecular formula is C88H72CoN16O16S8. The molecule has 3 aromatic heterocycles. The normalized spacial score (nSPS) is 12.5. The number of hydrogen-bond acceptors (Lipinski definition) is 22. The molecule has 129 heavy (non-hydrogen) atoms. The molecule has 0 spiro atoms. The number of benzene rings is 12. The van der Waals surface area contributed by atoms with Crippen molar-refractivity contribution in [2.45, 2.75) is 94.6 Å². The number of sulfonamides is 8. The van der Waals surface area contributed by atoms with E-state index in [1.165, 1.54) is 243 Å². The monoisotopic (exact) mass is 1920 g/mol. The molecule has 0 saturated heterocycles. The van der Waals surface area contributed by atoms with Gasteiger partial charge in [-0.05, 0) is 223 Å². The van der Waals surface area contributed by atoms with E-state index in [9.17, 15) is 67.3 Å². The molecule has 2 aliphatic heterocycles. The van der Waals surface area contributed by atoms with Crippen LogP contribution < -0.4 is 47.7 Å². The van der Waals surface area contributed by atoms with E-state index in [0.29, 0.717) is 44.5 Å². The minimum absolute atomic E-state index is 0. The van der Waals surface area contributed by atoms with Crippen LogP contribution in [0.3, 0.4) is 0 Å². The molecular weight excluding hydrogens is 1850 g/mol. The second kappa shape index (κ2) is 33.3. The van der Waals surface area contributed by atoms with Crippen molar-refractivity contribution in [1.82, 2.24) is 39.9 Å². The summed E-state index contributed by atoms with van der Waals surface area (Å²) in [5.74, 6) is -1.68. The first-order valence-corrected chi connectivity index (χ1v) is 50.6. The summed E-state index contributed by atoms with van der Waals surface area (Å²) in [6.07, 6.45) is 0. The maximum absolute atomic E-state index is 14.9. The van der Waals surface area contributed by atoms with Gasteiger partial charge in [-0.15, -0.1) is 0 Å². The zero-order valence-corrected chi connectivity index (χ0v) is 76.4. The van der Waals surface area contributed by atoms with Gasteiger partial charge in [0.2, 0.25) is 0 Å². The molecule has 0 saturated carbocycles. The van der Waals surface area contributed by atoms with Crippen LogP contribution in [-0.4, -0.2) is 97.2 Å². The second-order valence-electron chi connectivity index (χ2n) is 30.6. The fraction of sp³-hybridized carbons (Fsp3) is 0.0909. The predicted octanol–water partition coefficient (Wildman–Crippen LogP) is 15.0. The molecule has 2 aliphatic rings. The van der Waals surface area contributed by atoms with Gasteiger partial charge in [-0.25, -0.2) is 77.3 Å². The average Bonchev–Trinajstić information content (AvgIpc) is 1.58. The number of fused-ring (bicyclic) bond motifs is 20. The van der Waals surface area contributed by atoms with Crippen molar-refractivity contribution in [2.24, 2.45) is 0 Å². The Labute approximate surface area is 752 Å². The van der Waals surface area contributed by atoms with Crippen molar-refractivity contribution in [3.8, 4) is 45.6 Å². The van der Waals surface area contributed by atoms with Gasteiger partial charge in [-0.2, -0.15) is 0 Å². The molecule has 8 bridgehead atoms. The summed E-state index contributed by atoms with van der Waals surface area (Å²) in [4.78, 5) is 38.3. The molecule has 5 heterocycles. The minimum Gasteiger partial charge on any atom is -0.357 e. The predicted molar refractivity (Wildman–Crippen MR) is 490 cm³/mol. The van der Waals surface area contributed by atoms with E-state index in [4.69, 9.17) is 39.9 Å². The Bertz CT molecular complexity index is 7390. The number of nitrogens with one attached hydrogen (secondary N) is 8.